The summed E-state index contributed by atoms with van der Waals surface area (Å²) in [6.07, 6.45) is 4.45. The van der Waals surface area contributed by atoms with Gasteiger partial charge in [-0.25, -0.2) is 18.5 Å². The van der Waals surface area contributed by atoms with Crippen LogP contribution in [-0.4, -0.2) is 43.5 Å². The zero-order valence-corrected chi connectivity index (χ0v) is 23.8. The van der Waals surface area contributed by atoms with E-state index in [-0.39, 0.29) is 17.2 Å². The maximum Gasteiger partial charge on any atom is 0.240 e. The van der Waals surface area contributed by atoms with Gasteiger partial charge in [0.25, 0.3) is 0 Å². The molecule has 1 fully saturated rings. The molecule has 0 spiro atoms. The molecule has 2 N–H and O–H groups in total. The number of nitrogens with zero attached hydrogens (tertiary/aromatic N) is 3. The van der Waals surface area contributed by atoms with Crippen LogP contribution in [-0.2, 0) is 21.2 Å². The summed E-state index contributed by atoms with van der Waals surface area (Å²) in [5.41, 5.74) is 4.51. The molecule has 3 aromatic rings. The SMILES string of the molecule is CCCc1ccc(S(N)(=O)=O)c(N2SC(c3ccccc3-c3ccccc3)=NC2CC(=O)N2CCCCC2)c1. The molecule has 204 valence electrons. The number of nitrogens with two attached hydrogens (primary N) is 1. The van der Waals surface area contributed by atoms with Crippen LogP contribution in [0, 0.1) is 0 Å². The minimum absolute atomic E-state index is 0.0357. The van der Waals surface area contributed by atoms with E-state index in [1.807, 2.05) is 57.7 Å². The molecule has 0 bridgehead atoms. The summed E-state index contributed by atoms with van der Waals surface area (Å²) in [7, 11) is -4.01. The second-order valence-electron chi connectivity index (χ2n) is 9.99. The van der Waals surface area contributed by atoms with Gasteiger partial charge in [0, 0.05) is 30.6 Å². The smallest absolute Gasteiger partial charge is 0.240 e. The number of anilines is 1. The number of likely N-dealkylation sites (tertiary alicyclic amines) is 1. The van der Waals surface area contributed by atoms with Gasteiger partial charge in [-0.3, -0.25) is 9.10 Å². The van der Waals surface area contributed by atoms with Crippen LogP contribution in [0.5, 0.6) is 0 Å². The van der Waals surface area contributed by atoms with Gasteiger partial charge in [0.1, 0.15) is 16.1 Å². The Hall–Kier alpha value is -3.14. The van der Waals surface area contributed by atoms with Crippen LogP contribution in [0.25, 0.3) is 11.1 Å². The highest BCUT2D eigenvalue weighted by Crippen LogP contribution is 2.41. The molecule has 2 heterocycles. The molecule has 2 aliphatic heterocycles. The van der Waals surface area contributed by atoms with Crippen molar-refractivity contribution >= 4 is 38.6 Å². The van der Waals surface area contributed by atoms with E-state index in [1.165, 1.54) is 11.9 Å². The van der Waals surface area contributed by atoms with Crippen LogP contribution < -0.4 is 9.44 Å². The highest BCUT2D eigenvalue weighted by molar-refractivity contribution is 8.15. The number of carbonyl (C=O) groups excluding carboxylic acids is 1. The number of aliphatic imine (C=N–C) groups is 1. The minimum Gasteiger partial charge on any atom is -0.343 e. The lowest BCUT2D eigenvalue weighted by atomic mass is 10.0. The molecule has 0 saturated carbocycles. The molecule has 39 heavy (non-hydrogen) atoms. The number of sulfonamides is 1. The van der Waals surface area contributed by atoms with Crippen LogP contribution in [0.2, 0.25) is 0 Å². The highest BCUT2D eigenvalue weighted by Gasteiger charge is 2.35. The van der Waals surface area contributed by atoms with Crippen molar-refractivity contribution in [2.24, 2.45) is 10.1 Å². The second kappa shape index (κ2) is 11.9. The number of benzene rings is 3. The van der Waals surface area contributed by atoms with E-state index < -0.39 is 16.2 Å². The van der Waals surface area contributed by atoms with Gasteiger partial charge in [0.15, 0.2) is 0 Å². The van der Waals surface area contributed by atoms with Gasteiger partial charge >= 0.3 is 0 Å². The summed E-state index contributed by atoms with van der Waals surface area (Å²) in [5.74, 6) is 0.0357. The van der Waals surface area contributed by atoms with Gasteiger partial charge < -0.3 is 4.90 Å². The number of carbonyl (C=O) groups is 1. The third-order valence-corrected chi connectivity index (χ3v) is 9.23. The monoisotopic (exact) mass is 562 g/mol. The zero-order chi connectivity index (χ0) is 27.4. The summed E-state index contributed by atoms with van der Waals surface area (Å²) in [6.45, 7) is 3.58. The van der Waals surface area contributed by atoms with E-state index >= 15 is 0 Å². The molecule has 1 amide bonds. The number of rotatable bonds is 8. The Labute approximate surface area is 235 Å². The number of hydrogen-bond acceptors (Lipinski definition) is 6. The van der Waals surface area contributed by atoms with Crippen LogP contribution in [0.1, 0.15) is 50.2 Å². The fourth-order valence-corrected chi connectivity index (χ4v) is 7.10. The molecular formula is C30H34N4O3S2. The van der Waals surface area contributed by atoms with E-state index in [0.29, 0.717) is 5.69 Å². The molecular weight excluding hydrogens is 528 g/mol. The van der Waals surface area contributed by atoms with E-state index in [4.69, 9.17) is 10.1 Å². The van der Waals surface area contributed by atoms with Gasteiger partial charge in [0.05, 0.1) is 12.1 Å². The third kappa shape index (κ3) is 6.21. The zero-order valence-electron chi connectivity index (χ0n) is 22.1. The number of piperidine rings is 1. The molecule has 1 atom stereocenters. The molecule has 2 aliphatic rings. The van der Waals surface area contributed by atoms with Crippen LogP contribution in [0.15, 0.2) is 82.7 Å². The van der Waals surface area contributed by atoms with Gasteiger partial charge in [0.2, 0.25) is 15.9 Å². The van der Waals surface area contributed by atoms with Crippen molar-refractivity contribution in [3.05, 3.63) is 83.9 Å². The number of amides is 1. The average Bonchev–Trinajstić information content (AvgIpc) is 3.37. The molecule has 0 aromatic heterocycles. The largest absolute Gasteiger partial charge is 0.343 e. The van der Waals surface area contributed by atoms with Crippen LogP contribution in [0.3, 0.4) is 0 Å². The summed E-state index contributed by atoms with van der Waals surface area (Å²) in [6, 6.07) is 23.4. The molecule has 0 radical (unpaired) electrons. The Morgan fingerprint density at radius 1 is 0.974 bits per heavy atom. The first-order valence-corrected chi connectivity index (χ1v) is 15.8. The van der Waals surface area contributed by atoms with Crippen molar-refractivity contribution < 1.29 is 13.2 Å². The third-order valence-electron chi connectivity index (χ3n) is 7.14. The topological polar surface area (TPSA) is 96.1 Å². The maximum absolute atomic E-state index is 13.4. The Morgan fingerprint density at radius 2 is 1.67 bits per heavy atom. The van der Waals surface area contributed by atoms with Crippen molar-refractivity contribution in [1.82, 2.24) is 4.90 Å². The molecule has 9 heteroatoms. The van der Waals surface area contributed by atoms with E-state index in [9.17, 15) is 13.2 Å². The van der Waals surface area contributed by atoms with Crippen LogP contribution >= 0.6 is 11.9 Å². The summed E-state index contributed by atoms with van der Waals surface area (Å²) >= 11 is 1.37. The summed E-state index contributed by atoms with van der Waals surface area (Å²) in [4.78, 5) is 20.4. The minimum atomic E-state index is -4.01. The first-order valence-electron chi connectivity index (χ1n) is 13.5. The lowest BCUT2D eigenvalue weighted by molar-refractivity contribution is -0.132. The molecule has 1 saturated heterocycles. The maximum atomic E-state index is 13.4. The van der Waals surface area contributed by atoms with Gasteiger partial charge in [-0.15, -0.1) is 0 Å². The summed E-state index contributed by atoms with van der Waals surface area (Å²) in [5, 5.41) is 6.43. The van der Waals surface area contributed by atoms with Gasteiger partial charge in [-0.05, 0) is 54.5 Å². The standard InChI is InChI=1S/C30H34N4O3S2/c1-2-11-22-16-17-27(39(31,36)37)26(20-22)34-28(21-29(35)33-18-9-4-10-19-33)32-30(38-34)25-15-8-7-14-24(25)23-12-5-3-6-13-23/h3,5-8,12-17,20,28H,2,4,9-11,18-19,21H2,1H3,(H2,31,36,37). The van der Waals surface area contributed by atoms with E-state index in [0.717, 1.165) is 72.5 Å². The fourth-order valence-electron chi connectivity index (χ4n) is 5.21. The van der Waals surface area contributed by atoms with Crippen molar-refractivity contribution in [2.75, 3.05) is 17.4 Å². The fraction of sp³-hybridized carbons (Fsp3) is 0.333. The predicted octanol–water partition coefficient (Wildman–Crippen LogP) is 5.60. The number of hydrogen-bond donors (Lipinski definition) is 1. The molecule has 0 aliphatic carbocycles. The Bertz CT molecular complexity index is 1470. The van der Waals surface area contributed by atoms with E-state index in [1.54, 1.807) is 6.07 Å². The molecule has 1 unspecified atom stereocenters. The first-order chi connectivity index (χ1) is 18.8. The molecule has 7 nitrogen and oxygen atoms in total. The quantitative estimate of drug-likeness (QED) is 0.361. The van der Waals surface area contributed by atoms with Gasteiger partial charge in [-0.2, -0.15) is 0 Å². The second-order valence-corrected chi connectivity index (χ2v) is 12.5. The Morgan fingerprint density at radius 3 is 2.36 bits per heavy atom. The Kier molecular flexibility index (Phi) is 8.40. The van der Waals surface area contributed by atoms with Crippen molar-refractivity contribution in [3.8, 4) is 11.1 Å². The van der Waals surface area contributed by atoms with Crippen molar-refractivity contribution in [2.45, 2.75) is 56.5 Å². The van der Waals surface area contributed by atoms with Crippen molar-refractivity contribution in [1.29, 1.82) is 0 Å². The molecule has 3 aromatic carbocycles. The lowest BCUT2D eigenvalue weighted by Gasteiger charge is -2.30. The van der Waals surface area contributed by atoms with Crippen molar-refractivity contribution in [3.63, 3.8) is 0 Å². The van der Waals surface area contributed by atoms with E-state index in [2.05, 4.69) is 25.1 Å². The van der Waals surface area contributed by atoms with Gasteiger partial charge in [-0.1, -0.05) is 74.0 Å². The highest BCUT2D eigenvalue weighted by atomic mass is 32.2. The van der Waals surface area contributed by atoms with Crippen LogP contribution in [0.4, 0.5) is 5.69 Å². The predicted molar refractivity (Wildman–Crippen MR) is 159 cm³/mol. The lowest BCUT2D eigenvalue weighted by Crippen LogP contribution is -2.39. The first kappa shape index (κ1) is 27.4. The molecule has 5 rings (SSSR count). The normalized spacial score (nSPS) is 17.8. The Balaban J connectivity index is 1.58. The number of primary sulfonamides is 1. The average molecular weight is 563 g/mol. The number of aryl methyl sites for hydroxylation is 1. The summed E-state index contributed by atoms with van der Waals surface area (Å²) < 4.78 is 27.2.